The molecule has 0 saturated carbocycles. The quantitative estimate of drug-likeness (QED) is 0.504. The maximum absolute atomic E-state index is 13.6. The summed E-state index contributed by atoms with van der Waals surface area (Å²) in [6.45, 7) is 2.03. The number of imide groups is 1. The van der Waals surface area contributed by atoms with Crippen molar-refractivity contribution in [3.05, 3.63) is 89.1 Å². The van der Waals surface area contributed by atoms with E-state index in [-0.39, 0.29) is 18.1 Å². The van der Waals surface area contributed by atoms with Gasteiger partial charge in [0.2, 0.25) is 0 Å². The fourth-order valence-electron chi connectivity index (χ4n) is 3.92. The maximum atomic E-state index is 13.6. The van der Waals surface area contributed by atoms with Gasteiger partial charge in [-0.1, -0.05) is 42.5 Å². The molecular formula is C27H26N2O5. The fraction of sp³-hybridized carbons (Fsp3) is 0.185. The standard InChI is InChI=1S/C27H26N2O5/c1-17-10-12-21(32-2)20(14-17)28-25-24(19-8-6-5-7-9-19)26(30)29(27(25)31)16-18-11-13-22(33-3)23(15-18)34-4/h5-15,28H,16H2,1-4H3. The summed E-state index contributed by atoms with van der Waals surface area (Å²) in [5.74, 6) is 0.881. The van der Waals surface area contributed by atoms with E-state index < -0.39 is 5.91 Å². The summed E-state index contributed by atoms with van der Waals surface area (Å²) in [6.07, 6.45) is 0. The van der Waals surface area contributed by atoms with Gasteiger partial charge < -0.3 is 19.5 Å². The third-order valence-corrected chi connectivity index (χ3v) is 5.63. The Bertz CT molecular complexity index is 1270. The lowest BCUT2D eigenvalue weighted by Crippen LogP contribution is -2.32. The molecule has 1 N–H and O–H groups in total. The summed E-state index contributed by atoms with van der Waals surface area (Å²) in [5, 5.41) is 3.18. The van der Waals surface area contributed by atoms with Crippen LogP contribution in [-0.4, -0.2) is 38.0 Å². The molecule has 0 fully saturated rings. The van der Waals surface area contributed by atoms with Crippen LogP contribution in [0.1, 0.15) is 16.7 Å². The van der Waals surface area contributed by atoms with Crippen molar-refractivity contribution in [2.75, 3.05) is 26.6 Å². The summed E-state index contributed by atoms with van der Waals surface area (Å²) >= 11 is 0. The molecule has 0 aliphatic carbocycles. The Morgan fingerprint density at radius 1 is 0.765 bits per heavy atom. The van der Waals surface area contributed by atoms with Gasteiger partial charge in [-0.25, -0.2) is 0 Å². The fourth-order valence-corrected chi connectivity index (χ4v) is 3.92. The first kappa shape index (κ1) is 22.9. The molecule has 0 bridgehead atoms. The molecule has 1 heterocycles. The van der Waals surface area contributed by atoms with Gasteiger partial charge >= 0.3 is 0 Å². The van der Waals surface area contributed by atoms with Crippen molar-refractivity contribution < 1.29 is 23.8 Å². The van der Waals surface area contributed by atoms with Gasteiger partial charge in [-0.05, 0) is 47.9 Å². The third kappa shape index (κ3) is 4.32. The highest BCUT2D eigenvalue weighted by Gasteiger charge is 2.39. The maximum Gasteiger partial charge on any atom is 0.278 e. The molecule has 7 heteroatoms. The van der Waals surface area contributed by atoms with E-state index in [2.05, 4.69) is 5.32 Å². The van der Waals surface area contributed by atoms with E-state index in [1.54, 1.807) is 39.5 Å². The molecule has 1 aliphatic heterocycles. The van der Waals surface area contributed by atoms with Crippen LogP contribution in [0.25, 0.3) is 5.57 Å². The number of hydrogen-bond donors (Lipinski definition) is 1. The van der Waals surface area contributed by atoms with Gasteiger partial charge in [0.25, 0.3) is 11.8 Å². The van der Waals surface area contributed by atoms with E-state index in [1.807, 2.05) is 55.5 Å². The van der Waals surface area contributed by atoms with E-state index in [1.165, 1.54) is 4.90 Å². The largest absolute Gasteiger partial charge is 0.495 e. The lowest BCUT2D eigenvalue weighted by Gasteiger charge is -2.17. The van der Waals surface area contributed by atoms with Crippen molar-refractivity contribution in [1.82, 2.24) is 4.90 Å². The number of hydrogen-bond acceptors (Lipinski definition) is 6. The first-order valence-corrected chi connectivity index (χ1v) is 10.7. The van der Waals surface area contributed by atoms with Gasteiger partial charge in [0.05, 0.1) is 39.1 Å². The van der Waals surface area contributed by atoms with Crippen LogP contribution in [0.3, 0.4) is 0 Å². The third-order valence-electron chi connectivity index (χ3n) is 5.63. The first-order valence-electron chi connectivity index (χ1n) is 10.7. The minimum atomic E-state index is -0.415. The minimum Gasteiger partial charge on any atom is -0.495 e. The van der Waals surface area contributed by atoms with Crippen molar-refractivity contribution in [2.24, 2.45) is 0 Å². The minimum absolute atomic E-state index is 0.0878. The van der Waals surface area contributed by atoms with E-state index in [0.29, 0.717) is 34.1 Å². The van der Waals surface area contributed by atoms with Crippen LogP contribution in [-0.2, 0) is 16.1 Å². The molecule has 0 atom stereocenters. The molecule has 7 nitrogen and oxygen atoms in total. The van der Waals surface area contributed by atoms with E-state index in [0.717, 1.165) is 11.1 Å². The molecule has 2 amide bonds. The number of carbonyl (C=O) groups excluding carboxylic acids is 2. The summed E-state index contributed by atoms with van der Waals surface area (Å²) < 4.78 is 16.1. The van der Waals surface area contributed by atoms with Gasteiger partial charge in [0.15, 0.2) is 11.5 Å². The van der Waals surface area contributed by atoms with Crippen LogP contribution in [0, 0.1) is 6.92 Å². The number of amides is 2. The summed E-state index contributed by atoms with van der Waals surface area (Å²) in [5.41, 5.74) is 3.52. The van der Waals surface area contributed by atoms with Gasteiger partial charge in [-0.2, -0.15) is 0 Å². The van der Waals surface area contributed by atoms with Crippen molar-refractivity contribution in [3.8, 4) is 17.2 Å². The number of methoxy groups -OCH3 is 3. The molecule has 34 heavy (non-hydrogen) atoms. The van der Waals surface area contributed by atoms with Gasteiger partial charge in [0.1, 0.15) is 11.4 Å². The SMILES string of the molecule is COc1ccc(C)cc1NC1=C(c2ccccc2)C(=O)N(Cc2ccc(OC)c(OC)c2)C1=O. The molecule has 0 saturated heterocycles. The predicted octanol–water partition coefficient (Wildman–Crippen LogP) is 4.41. The Morgan fingerprint density at radius 2 is 1.44 bits per heavy atom. The molecule has 3 aromatic carbocycles. The van der Waals surface area contributed by atoms with Gasteiger partial charge in [0, 0.05) is 0 Å². The van der Waals surface area contributed by atoms with E-state index in [4.69, 9.17) is 14.2 Å². The second-order valence-electron chi connectivity index (χ2n) is 7.83. The molecule has 1 aliphatic rings. The Kier molecular flexibility index (Phi) is 6.54. The van der Waals surface area contributed by atoms with Crippen LogP contribution < -0.4 is 19.5 Å². The van der Waals surface area contributed by atoms with Gasteiger partial charge in [-0.15, -0.1) is 0 Å². The average molecular weight is 459 g/mol. The van der Waals surface area contributed by atoms with Crippen molar-refractivity contribution >= 4 is 23.1 Å². The molecule has 0 aromatic heterocycles. The Morgan fingerprint density at radius 3 is 2.12 bits per heavy atom. The topological polar surface area (TPSA) is 77.1 Å². The molecule has 0 radical (unpaired) electrons. The number of benzene rings is 3. The van der Waals surface area contributed by atoms with Crippen molar-refractivity contribution in [2.45, 2.75) is 13.5 Å². The highest BCUT2D eigenvalue weighted by atomic mass is 16.5. The highest BCUT2D eigenvalue weighted by Crippen LogP contribution is 2.35. The number of anilines is 1. The van der Waals surface area contributed by atoms with Crippen molar-refractivity contribution in [3.63, 3.8) is 0 Å². The highest BCUT2D eigenvalue weighted by molar-refractivity contribution is 6.36. The number of aryl methyl sites for hydroxylation is 1. The monoisotopic (exact) mass is 458 g/mol. The van der Waals surface area contributed by atoms with E-state index in [9.17, 15) is 9.59 Å². The first-order chi connectivity index (χ1) is 16.5. The van der Waals surface area contributed by atoms with Crippen molar-refractivity contribution in [1.29, 1.82) is 0 Å². The molecule has 174 valence electrons. The molecular weight excluding hydrogens is 432 g/mol. The average Bonchev–Trinajstić information content (AvgIpc) is 3.08. The molecule has 3 aromatic rings. The predicted molar refractivity (Wildman–Crippen MR) is 130 cm³/mol. The van der Waals surface area contributed by atoms with E-state index >= 15 is 0 Å². The summed E-state index contributed by atoms with van der Waals surface area (Å²) in [7, 11) is 4.66. The number of nitrogens with one attached hydrogen (secondary N) is 1. The number of nitrogens with zero attached hydrogens (tertiary/aromatic N) is 1. The number of carbonyl (C=O) groups is 2. The lowest BCUT2D eigenvalue weighted by atomic mass is 10.0. The van der Waals surface area contributed by atoms with Crippen LogP contribution >= 0.6 is 0 Å². The van der Waals surface area contributed by atoms with Crippen LogP contribution in [0.5, 0.6) is 17.2 Å². The van der Waals surface area contributed by atoms with Crippen LogP contribution in [0.2, 0.25) is 0 Å². The smallest absolute Gasteiger partial charge is 0.278 e. The van der Waals surface area contributed by atoms with Crippen LogP contribution in [0.15, 0.2) is 72.4 Å². The summed E-state index contributed by atoms with van der Waals surface area (Å²) in [4.78, 5) is 28.3. The van der Waals surface area contributed by atoms with Crippen LogP contribution in [0.4, 0.5) is 5.69 Å². The van der Waals surface area contributed by atoms with Gasteiger partial charge in [-0.3, -0.25) is 14.5 Å². The number of ether oxygens (including phenoxy) is 3. The lowest BCUT2D eigenvalue weighted by molar-refractivity contribution is -0.137. The normalized spacial score (nSPS) is 13.4. The zero-order valence-electron chi connectivity index (χ0n) is 19.5. The zero-order valence-corrected chi connectivity index (χ0v) is 19.5. The molecule has 0 spiro atoms. The Hall–Kier alpha value is -4.26. The Labute approximate surface area is 198 Å². The second-order valence-corrected chi connectivity index (χ2v) is 7.83. The zero-order chi connectivity index (χ0) is 24.2. The molecule has 4 rings (SSSR count). The summed E-state index contributed by atoms with van der Waals surface area (Å²) in [6, 6.07) is 20.1. The Balaban J connectivity index is 1.74. The second kappa shape index (κ2) is 9.70. The molecule has 0 unspecified atom stereocenters. The number of rotatable bonds is 8.